The van der Waals surface area contributed by atoms with E-state index < -0.39 is 10.0 Å². The molecule has 0 amide bonds. The minimum Gasteiger partial charge on any atom is -0.398 e. The minimum atomic E-state index is -3.67. The van der Waals surface area contributed by atoms with Gasteiger partial charge in [-0.05, 0) is 23.8 Å². The van der Waals surface area contributed by atoms with Crippen LogP contribution in [0.4, 0.5) is 5.69 Å². The summed E-state index contributed by atoms with van der Waals surface area (Å²) in [6, 6.07) is 11.7. The Labute approximate surface area is 123 Å². The van der Waals surface area contributed by atoms with Crippen molar-refractivity contribution in [1.82, 2.24) is 9.29 Å². The van der Waals surface area contributed by atoms with E-state index in [1.807, 2.05) is 6.07 Å². The van der Waals surface area contributed by atoms with Gasteiger partial charge in [0, 0.05) is 25.5 Å². The maximum absolute atomic E-state index is 12.4. The van der Waals surface area contributed by atoms with Crippen LogP contribution in [-0.2, 0) is 16.6 Å². The van der Waals surface area contributed by atoms with Crippen LogP contribution in [0.25, 0.3) is 0 Å². The fourth-order valence-corrected chi connectivity index (χ4v) is 2.88. The van der Waals surface area contributed by atoms with Gasteiger partial charge in [-0.15, -0.1) is 0 Å². The van der Waals surface area contributed by atoms with Crippen LogP contribution >= 0.6 is 0 Å². The number of nitriles is 1. The van der Waals surface area contributed by atoms with Gasteiger partial charge in [-0.3, -0.25) is 0 Å². The van der Waals surface area contributed by atoms with Gasteiger partial charge in [0.05, 0.1) is 0 Å². The van der Waals surface area contributed by atoms with Gasteiger partial charge in [-0.2, -0.15) is 9.57 Å². The van der Waals surface area contributed by atoms with Gasteiger partial charge in [-0.1, -0.05) is 18.2 Å². The van der Waals surface area contributed by atoms with Gasteiger partial charge >= 0.3 is 0 Å². The molecule has 0 atom stereocenters. The lowest BCUT2D eigenvalue weighted by Crippen LogP contribution is -2.27. The van der Waals surface area contributed by atoms with E-state index in [1.54, 1.807) is 24.3 Å². The number of hydrogen-bond donors (Lipinski definition) is 1. The first-order valence-electron chi connectivity index (χ1n) is 6.11. The number of anilines is 1. The molecular weight excluding hydrogens is 288 g/mol. The van der Waals surface area contributed by atoms with Crippen molar-refractivity contribution in [2.45, 2.75) is 11.4 Å². The van der Waals surface area contributed by atoms with Crippen molar-refractivity contribution in [2.24, 2.45) is 0 Å². The highest BCUT2D eigenvalue weighted by Crippen LogP contribution is 2.19. The number of nitrogens with zero attached hydrogens (tertiary/aromatic N) is 3. The number of rotatable bonds is 4. The molecule has 0 spiro atoms. The summed E-state index contributed by atoms with van der Waals surface area (Å²) in [7, 11) is -2.20. The topological polar surface area (TPSA) is 100 Å². The van der Waals surface area contributed by atoms with Gasteiger partial charge in [-0.25, -0.2) is 13.4 Å². The SMILES string of the molecule is CN(Cc1ccccc1N)S(=O)(=O)c1ccc(C#N)nc1. The molecule has 0 fully saturated rings. The molecule has 0 saturated carbocycles. The Morgan fingerprint density at radius 3 is 2.57 bits per heavy atom. The molecule has 0 aliphatic heterocycles. The molecule has 7 heteroatoms. The van der Waals surface area contributed by atoms with E-state index in [9.17, 15) is 8.42 Å². The van der Waals surface area contributed by atoms with Crippen LogP contribution in [0.3, 0.4) is 0 Å². The van der Waals surface area contributed by atoms with Gasteiger partial charge in [0.15, 0.2) is 0 Å². The normalized spacial score (nSPS) is 11.3. The van der Waals surface area contributed by atoms with Gasteiger partial charge in [0.1, 0.15) is 16.7 Å². The van der Waals surface area contributed by atoms with Crippen LogP contribution in [0.1, 0.15) is 11.3 Å². The summed E-state index contributed by atoms with van der Waals surface area (Å²) >= 11 is 0. The summed E-state index contributed by atoms with van der Waals surface area (Å²) in [5.74, 6) is 0. The molecule has 6 nitrogen and oxygen atoms in total. The second-order valence-electron chi connectivity index (χ2n) is 4.45. The van der Waals surface area contributed by atoms with Crippen LogP contribution in [0.15, 0.2) is 47.5 Å². The molecule has 0 unspecified atom stereocenters. The summed E-state index contributed by atoms with van der Waals surface area (Å²) in [5.41, 5.74) is 7.26. The molecule has 21 heavy (non-hydrogen) atoms. The van der Waals surface area contributed by atoms with Gasteiger partial charge in [0.2, 0.25) is 10.0 Å². The van der Waals surface area contributed by atoms with Crippen molar-refractivity contribution in [1.29, 1.82) is 5.26 Å². The third-order valence-corrected chi connectivity index (χ3v) is 4.79. The minimum absolute atomic E-state index is 0.0403. The van der Waals surface area contributed by atoms with Crippen LogP contribution in [0.2, 0.25) is 0 Å². The third kappa shape index (κ3) is 3.18. The predicted molar refractivity (Wildman–Crippen MR) is 78.5 cm³/mol. The number of sulfonamides is 1. The Bertz CT molecular complexity index is 779. The maximum atomic E-state index is 12.4. The third-order valence-electron chi connectivity index (χ3n) is 3.01. The fourth-order valence-electron chi connectivity index (χ4n) is 1.78. The van der Waals surface area contributed by atoms with Crippen LogP contribution in [0.5, 0.6) is 0 Å². The van der Waals surface area contributed by atoms with Crippen molar-refractivity contribution in [3.8, 4) is 6.07 Å². The van der Waals surface area contributed by atoms with E-state index >= 15 is 0 Å². The Morgan fingerprint density at radius 2 is 2.00 bits per heavy atom. The summed E-state index contributed by atoms with van der Waals surface area (Å²) in [4.78, 5) is 3.82. The molecule has 1 heterocycles. The Morgan fingerprint density at radius 1 is 1.29 bits per heavy atom. The summed E-state index contributed by atoms with van der Waals surface area (Å²) in [6.45, 7) is 0.162. The number of benzene rings is 1. The smallest absolute Gasteiger partial charge is 0.244 e. The quantitative estimate of drug-likeness (QED) is 0.859. The van der Waals surface area contributed by atoms with Crippen molar-refractivity contribution >= 4 is 15.7 Å². The lowest BCUT2D eigenvalue weighted by molar-refractivity contribution is 0.467. The molecule has 2 aromatic rings. The Kier molecular flexibility index (Phi) is 4.21. The Balaban J connectivity index is 2.26. The fraction of sp³-hybridized carbons (Fsp3) is 0.143. The molecule has 2 rings (SSSR count). The largest absolute Gasteiger partial charge is 0.398 e. The second-order valence-corrected chi connectivity index (χ2v) is 6.50. The summed E-state index contributed by atoms with van der Waals surface area (Å²) in [5, 5.41) is 8.68. The summed E-state index contributed by atoms with van der Waals surface area (Å²) < 4.78 is 26.0. The van der Waals surface area contributed by atoms with Crippen molar-refractivity contribution in [3.05, 3.63) is 53.9 Å². The van der Waals surface area contributed by atoms with E-state index in [1.165, 1.54) is 29.7 Å². The molecule has 1 aromatic carbocycles. The molecule has 2 N–H and O–H groups in total. The van der Waals surface area contributed by atoms with Crippen LogP contribution in [-0.4, -0.2) is 24.8 Å². The van der Waals surface area contributed by atoms with E-state index in [2.05, 4.69) is 4.98 Å². The molecule has 108 valence electrons. The van der Waals surface area contributed by atoms with Gasteiger partial charge in [0.25, 0.3) is 0 Å². The number of nitrogens with two attached hydrogens (primary N) is 1. The highest BCUT2D eigenvalue weighted by Gasteiger charge is 2.21. The average Bonchev–Trinajstić information content (AvgIpc) is 2.49. The second kappa shape index (κ2) is 5.91. The molecule has 0 aliphatic carbocycles. The number of pyridine rings is 1. The molecule has 0 bridgehead atoms. The number of nitrogen functional groups attached to an aromatic ring is 1. The van der Waals surface area contributed by atoms with E-state index in [0.29, 0.717) is 5.69 Å². The van der Waals surface area contributed by atoms with Crippen LogP contribution in [0, 0.1) is 11.3 Å². The van der Waals surface area contributed by atoms with Crippen molar-refractivity contribution < 1.29 is 8.42 Å². The molecule has 0 radical (unpaired) electrons. The highest BCUT2D eigenvalue weighted by molar-refractivity contribution is 7.89. The van der Waals surface area contributed by atoms with E-state index in [-0.39, 0.29) is 17.1 Å². The first-order valence-corrected chi connectivity index (χ1v) is 7.55. The molecule has 0 aliphatic rings. The van der Waals surface area contributed by atoms with Crippen molar-refractivity contribution in [2.75, 3.05) is 12.8 Å². The number of para-hydroxylation sites is 1. The predicted octanol–water partition coefficient (Wildman–Crippen LogP) is 1.36. The average molecular weight is 302 g/mol. The molecular formula is C14H14N4O2S. The van der Waals surface area contributed by atoms with Gasteiger partial charge < -0.3 is 5.73 Å². The zero-order chi connectivity index (χ0) is 15.5. The highest BCUT2D eigenvalue weighted by atomic mass is 32.2. The monoisotopic (exact) mass is 302 g/mol. The molecule has 1 aromatic heterocycles. The van der Waals surface area contributed by atoms with Crippen LogP contribution < -0.4 is 5.73 Å². The maximum Gasteiger partial charge on any atom is 0.244 e. The van der Waals surface area contributed by atoms with Crippen molar-refractivity contribution in [3.63, 3.8) is 0 Å². The Hall–Kier alpha value is -2.43. The van der Waals surface area contributed by atoms with E-state index in [0.717, 1.165) is 5.56 Å². The number of aromatic nitrogens is 1. The standard InChI is InChI=1S/C14H14N4O2S/c1-18(10-11-4-2-3-5-14(11)16)21(19,20)13-7-6-12(8-15)17-9-13/h2-7,9H,10,16H2,1H3. The first-order chi connectivity index (χ1) is 9.95. The first kappa shape index (κ1) is 15.0. The lowest BCUT2D eigenvalue weighted by Gasteiger charge is -2.18. The zero-order valence-electron chi connectivity index (χ0n) is 11.4. The number of hydrogen-bond acceptors (Lipinski definition) is 5. The van der Waals surface area contributed by atoms with E-state index in [4.69, 9.17) is 11.0 Å². The summed E-state index contributed by atoms with van der Waals surface area (Å²) in [6.07, 6.45) is 1.18. The lowest BCUT2D eigenvalue weighted by atomic mass is 10.2. The zero-order valence-corrected chi connectivity index (χ0v) is 12.2. The molecule has 0 saturated heterocycles.